The molecule has 0 radical (unpaired) electrons. The number of hydrogen-bond acceptors (Lipinski definition) is 5. The number of ether oxygens (including phenoxy) is 3. The Labute approximate surface area is 179 Å². The zero-order chi connectivity index (χ0) is 21.0. The van der Waals surface area contributed by atoms with Crippen LogP contribution < -0.4 is 10.1 Å². The number of allylic oxidation sites excluding steroid dienone is 3. The largest absolute Gasteiger partial charge is 0.513 e. The smallest absolute Gasteiger partial charge is 0.488 e. The van der Waals surface area contributed by atoms with E-state index in [1.165, 1.54) is 7.11 Å². The Morgan fingerprint density at radius 1 is 1.07 bits per heavy atom. The first-order valence-corrected chi connectivity index (χ1v) is 9.73. The molecular formula is C22H21Cl2NO4. The monoisotopic (exact) mass is 433 g/mol. The number of benzene rings is 2. The fourth-order valence-electron chi connectivity index (χ4n) is 3.15. The van der Waals surface area contributed by atoms with Crippen molar-refractivity contribution in [3.8, 4) is 5.75 Å². The number of nitrogens with one attached hydrogen (secondary N) is 1. The van der Waals surface area contributed by atoms with Crippen molar-refractivity contribution < 1.29 is 19.0 Å². The molecule has 1 unspecified atom stereocenters. The molecule has 29 heavy (non-hydrogen) atoms. The Morgan fingerprint density at radius 3 is 2.45 bits per heavy atom. The van der Waals surface area contributed by atoms with E-state index in [0.717, 1.165) is 17.0 Å². The minimum atomic E-state index is -0.777. The maximum absolute atomic E-state index is 11.8. The van der Waals surface area contributed by atoms with Crippen molar-refractivity contribution in [3.63, 3.8) is 0 Å². The summed E-state index contributed by atoms with van der Waals surface area (Å²) in [6.07, 6.45) is 1.19. The predicted octanol–water partition coefficient (Wildman–Crippen LogP) is 6.18. The second-order valence-electron chi connectivity index (χ2n) is 6.52. The molecule has 0 fully saturated rings. The normalized spacial score (nSPS) is 16.0. The highest BCUT2D eigenvalue weighted by Gasteiger charge is 2.28. The third-order valence-corrected chi connectivity index (χ3v) is 5.21. The molecule has 1 atom stereocenters. The van der Waals surface area contributed by atoms with E-state index in [-0.39, 0.29) is 12.5 Å². The molecule has 1 heterocycles. The number of carbonyl (C=O) groups is 1. The average molecular weight is 434 g/mol. The molecule has 0 spiro atoms. The molecule has 1 aliphatic heterocycles. The van der Waals surface area contributed by atoms with Crippen LogP contribution in [0.4, 0.5) is 4.79 Å². The van der Waals surface area contributed by atoms with E-state index in [2.05, 4.69) is 10.1 Å². The molecule has 3 rings (SSSR count). The van der Waals surface area contributed by atoms with E-state index in [9.17, 15) is 4.79 Å². The van der Waals surface area contributed by atoms with Gasteiger partial charge in [-0.25, -0.2) is 4.79 Å². The van der Waals surface area contributed by atoms with E-state index in [4.69, 9.17) is 32.7 Å². The summed E-state index contributed by atoms with van der Waals surface area (Å²) >= 11 is 12.5. The van der Waals surface area contributed by atoms with E-state index >= 15 is 0 Å². The number of rotatable bonds is 5. The molecule has 0 saturated heterocycles. The van der Waals surface area contributed by atoms with Crippen molar-refractivity contribution in [2.24, 2.45) is 0 Å². The van der Waals surface area contributed by atoms with Gasteiger partial charge in [0, 0.05) is 26.9 Å². The van der Waals surface area contributed by atoms with E-state index in [1.807, 2.05) is 44.2 Å². The highest BCUT2D eigenvalue weighted by atomic mass is 35.5. The van der Waals surface area contributed by atoms with Crippen molar-refractivity contribution in [3.05, 3.63) is 86.9 Å². The van der Waals surface area contributed by atoms with Crippen LogP contribution in [0.3, 0.4) is 0 Å². The van der Waals surface area contributed by atoms with Crippen LogP contribution in [0.5, 0.6) is 5.75 Å². The summed E-state index contributed by atoms with van der Waals surface area (Å²) in [6, 6.07) is 12.9. The SMILES string of the molecule is COC(=O)OC1=C(C)NC(C)=CC1c1ccccc1OCc1c(Cl)cccc1Cl. The van der Waals surface area contributed by atoms with Gasteiger partial charge < -0.3 is 19.5 Å². The summed E-state index contributed by atoms with van der Waals surface area (Å²) in [4.78, 5) is 11.8. The molecule has 0 saturated carbocycles. The second kappa shape index (κ2) is 9.25. The fourth-order valence-corrected chi connectivity index (χ4v) is 3.66. The van der Waals surface area contributed by atoms with Crippen LogP contribution in [0.1, 0.15) is 30.9 Å². The zero-order valence-corrected chi connectivity index (χ0v) is 17.8. The van der Waals surface area contributed by atoms with Crippen molar-refractivity contribution in [1.29, 1.82) is 0 Å². The van der Waals surface area contributed by atoms with Crippen molar-refractivity contribution in [2.75, 3.05) is 7.11 Å². The lowest BCUT2D eigenvalue weighted by atomic mass is 9.92. The standard InChI is InChI=1S/C22H21Cl2NO4/c1-13-11-16(21(14(2)25-13)29-22(26)27-3)15-7-4-5-10-20(15)28-12-17-18(23)8-6-9-19(17)24/h4-11,16,25H,12H2,1-3H3. The molecule has 1 aliphatic rings. The van der Waals surface area contributed by atoms with Crippen LogP contribution in [-0.4, -0.2) is 13.3 Å². The molecule has 0 amide bonds. The van der Waals surface area contributed by atoms with Gasteiger partial charge in [0.2, 0.25) is 0 Å². The third-order valence-electron chi connectivity index (χ3n) is 4.50. The lowest BCUT2D eigenvalue weighted by molar-refractivity contribution is 0.0923. The van der Waals surface area contributed by atoms with E-state index in [0.29, 0.717) is 27.1 Å². The highest BCUT2D eigenvalue weighted by molar-refractivity contribution is 6.35. The van der Waals surface area contributed by atoms with Crippen LogP contribution in [0.25, 0.3) is 0 Å². The van der Waals surface area contributed by atoms with Gasteiger partial charge in [0.15, 0.2) is 0 Å². The molecule has 5 nitrogen and oxygen atoms in total. The number of hydrogen-bond donors (Lipinski definition) is 1. The quantitative estimate of drug-likeness (QED) is 0.570. The predicted molar refractivity (Wildman–Crippen MR) is 113 cm³/mol. The summed E-state index contributed by atoms with van der Waals surface area (Å²) in [7, 11) is 1.27. The van der Waals surface area contributed by atoms with Gasteiger partial charge in [-0.2, -0.15) is 0 Å². The molecule has 0 aromatic heterocycles. The molecule has 0 bridgehead atoms. The Bertz CT molecular complexity index is 964. The minimum Gasteiger partial charge on any atom is -0.488 e. The van der Waals surface area contributed by atoms with Gasteiger partial charge in [-0.15, -0.1) is 0 Å². The first kappa shape index (κ1) is 21.1. The van der Waals surface area contributed by atoms with Gasteiger partial charge in [-0.1, -0.05) is 53.5 Å². The molecule has 1 N–H and O–H groups in total. The third kappa shape index (κ3) is 4.86. The summed E-state index contributed by atoms with van der Waals surface area (Å²) in [5.74, 6) is 0.765. The number of halogens is 2. The van der Waals surface area contributed by atoms with Gasteiger partial charge in [0.25, 0.3) is 0 Å². The van der Waals surface area contributed by atoms with Gasteiger partial charge in [0.1, 0.15) is 18.1 Å². The molecule has 0 aliphatic carbocycles. The molecular weight excluding hydrogens is 413 g/mol. The topological polar surface area (TPSA) is 56.8 Å². The maximum Gasteiger partial charge on any atom is 0.513 e. The van der Waals surface area contributed by atoms with Crippen molar-refractivity contribution >= 4 is 29.4 Å². The summed E-state index contributed by atoms with van der Waals surface area (Å²) in [5.41, 5.74) is 3.22. The fraction of sp³-hybridized carbons (Fsp3) is 0.227. The van der Waals surface area contributed by atoms with Crippen LogP contribution in [0.15, 0.2) is 65.7 Å². The highest BCUT2D eigenvalue weighted by Crippen LogP contribution is 2.38. The van der Waals surface area contributed by atoms with Crippen LogP contribution in [-0.2, 0) is 16.1 Å². The van der Waals surface area contributed by atoms with Gasteiger partial charge in [-0.3, -0.25) is 0 Å². The number of methoxy groups -OCH3 is 1. The number of dihydropyridines is 1. The van der Waals surface area contributed by atoms with Crippen LogP contribution in [0, 0.1) is 0 Å². The zero-order valence-electron chi connectivity index (χ0n) is 16.3. The lowest BCUT2D eigenvalue weighted by Crippen LogP contribution is -2.23. The molecule has 7 heteroatoms. The second-order valence-corrected chi connectivity index (χ2v) is 7.34. The molecule has 2 aromatic rings. The Kier molecular flexibility index (Phi) is 6.72. The molecule has 2 aromatic carbocycles. The number of para-hydroxylation sites is 1. The first-order chi connectivity index (χ1) is 13.9. The van der Waals surface area contributed by atoms with Crippen LogP contribution >= 0.6 is 23.2 Å². The summed E-state index contributed by atoms with van der Waals surface area (Å²) in [5, 5.41) is 4.26. The van der Waals surface area contributed by atoms with Crippen molar-refractivity contribution in [2.45, 2.75) is 26.4 Å². The summed E-state index contributed by atoms with van der Waals surface area (Å²) < 4.78 is 16.2. The Morgan fingerprint density at radius 2 is 1.76 bits per heavy atom. The Balaban J connectivity index is 1.94. The summed E-state index contributed by atoms with van der Waals surface area (Å²) in [6.45, 7) is 3.99. The van der Waals surface area contributed by atoms with E-state index < -0.39 is 6.16 Å². The van der Waals surface area contributed by atoms with Crippen molar-refractivity contribution in [1.82, 2.24) is 5.32 Å². The minimum absolute atomic E-state index is 0.207. The first-order valence-electron chi connectivity index (χ1n) is 8.97. The maximum atomic E-state index is 11.8. The molecule has 152 valence electrons. The van der Waals surface area contributed by atoms with Gasteiger partial charge >= 0.3 is 6.16 Å². The van der Waals surface area contributed by atoms with Crippen LogP contribution in [0.2, 0.25) is 10.0 Å². The number of carbonyl (C=O) groups excluding carboxylic acids is 1. The lowest BCUT2D eigenvalue weighted by Gasteiger charge is -2.27. The Hall–Kier alpha value is -2.63. The van der Waals surface area contributed by atoms with Gasteiger partial charge in [0.05, 0.1) is 18.7 Å². The van der Waals surface area contributed by atoms with E-state index in [1.54, 1.807) is 18.2 Å². The van der Waals surface area contributed by atoms with Gasteiger partial charge in [-0.05, 0) is 32.0 Å². The average Bonchev–Trinajstić information content (AvgIpc) is 2.69.